The van der Waals surface area contributed by atoms with Crippen LogP contribution in [-0.2, 0) is 9.59 Å². The molecule has 1 aliphatic heterocycles. The van der Waals surface area contributed by atoms with Gasteiger partial charge in [-0.2, -0.15) is 0 Å². The Kier molecular flexibility index (Phi) is 3.96. The second-order valence-corrected chi connectivity index (χ2v) is 6.74. The second kappa shape index (κ2) is 6.28. The zero-order chi connectivity index (χ0) is 17.4. The first-order valence-electron chi connectivity index (χ1n) is 8.71. The summed E-state index contributed by atoms with van der Waals surface area (Å²) in [6.07, 6.45) is 5.91. The number of amides is 1. The molecular weight excluding hydrogens is 312 g/mol. The van der Waals surface area contributed by atoms with Crippen LogP contribution in [0.3, 0.4) is 0 Å². The summed E-state index contributed by atoms with van der Waals surface area (Å²) in [5.74, 6) is 0.0385. The van der Waals surface area contributed by atoms with Gasteiger partial charge in [0.05, 0.1) is 0 Å². The maximum absolute atomic E-state index is 13.0. The number of aromatic nitrogens is 1. The molecule has 1 aliphatic carbocycles. The van der Waals surface area contributed by atoms with E-state index in [-0.39, 0.29) is 17.6 Å². The number of rotatable bonds is 2. The van der Waals surface area contributed by atoms with E-state index in [1.54, 1.807) is 17.3 Å². The number of carbonyl (C=O) groups excluding carboxylic acids is 2. The third kappa shape index (κ3) is 2.78. The summed E-state index contributed by atoms with van der Waals surface area (Å²) in [4.78, 5) is 31.7. The molecule has 4 heteroatoms. The molecule has 1 aromatic carbocycles. The molecule has 2 aliphatic rings. The molecule has 4 rings (SSSR count). The lowest BCUT2D eigenvalue weighted by atomic mass is 9.77. The number of carbonyl (C=O) groups is 2. The molecule has 126 valence electrons. The quantitative estimate of drug-likeness (QED) is 0.837. The predicted octanol–water partition coefficient (Wildman–Crippen LogP) is 3.92. The fourth-order valence-corrected chi connectivity index (χ4v) is 3.85. The van der Waals surface area contributed by atoms with Crippen LogP contribution in [0.2, 0.25) is 0 Å². The largest absolute Gasteiger partial charge is 0.294 e. The van der Waals surface area contributed by atoms with Crippen LogP contribution in [0.1, 0.15) is 42.7 Å². The Hall–Kier alpha value is -2.75. The van der Waals surface area contributed by atoms with Crippen molar-refractivity contribution in [2.75, 3.05) is 4.90 Å². The van der Waals surface area contributed by atoms with E-state index in [2.05, 4.69) is 4.98 Å². The first-order valence-corrected chi connectivity index (χ1v) is 8.71. The minimum absolute atomic E-state index is 0.0474. The van der Waals surface area contributed by atoms with E-state index < -0.39 is 0 Å². The molecule has 0 spiro atoms. The molecule has 1 aromatic heterocycles. The third-order valence-corrected chi connectivity index (χ3v) is 5.05. The Labute approximate surface area is 147 Å². The first kappa shape index (κ1) is 15.8. The highest BCUT2D eigenvalue weighted by atomic mass is 16.2. The molecule has 0 unspecified atom stereocenters. The van der Waals surface area contributed by atoms with Crippen LogP contribution in [0, 0.1) is 6.92 Å². The lowest BCUT2D eigenvalue weighted by molar-refractivity contribution is -0.119. The van der Waals surface area contributed by atoms with Gasteiger partial charge in [0.2, 0.25) is 5.91 Å². The van der Waals surface area contributed by atoms with Crippen molar-refractivity contribution in [3.05, 3.63) is 71.2 Å². The van der Waals surface area contributed by atoms with Gasteiger partial charge in [0.25, 0.3) is 0 Å². The first-order chi connectivity index (χ1) is 12.1. The molecule has 2 heterocycles. The Balaban J connectivity index is 1.85. The third-order valence-electron chi connectivity index (χ3n) is 5.05. The number of nitrogens with zero attached hydrogens (tertiary/aromatic N) is 2. The lowest BCUT2D eigenvalue weighted by Crippen LogP contribution is -2.40. The van der Waals surface area contributed by atoms with Crippen LogP contribution in [0.25, 0.3) is 0 Å². The summed E-state index contributed by atoms with van der Waals surface area (Å²) in [6, 6.07) is 11.7. The number of Topliss-reactive ketones (excluding diaryl/α,β-unsaturated/α-hetero) is 1. The Morgan fingerprint density at radius 1 is 1.08 bits per heavy atom. The zero-order valence-electron chi connectivity index (χ0n) is 14.2. The van der Waals surface area contributed by atoms with Gasteiger partial charge in [-0.05, 0) is 43.5 Å². The fraction of sp³-hybridized carbons (Fsp3) is 0.286. The van der Waals surface area contributed by atoms with E-state index in [0.717, 1.165) is 40.9 Å². The van der Waals surface area contributed by atoms with Gasteiger partial charge in [-0.1, -0.05) is 23.8 Å². The molecule has 0 saturated heterocycles. The minimum atomic E-state index is -0.175. The van der Waals surface area contributed by atoms with E-state index in [4.69, 9.17) is 0 Å². The maximum atomic E-state index is 13.0. The van der Waals surface area contributed by atoms with Crippen molar-refractivity contribution >= 4 is 17.4 Å². The van der Waals surface area contributed by atoms with Crippen LogP contribution in [0.15, 0.2) is 60.1 Å². The molecule has 2 aromatic rings. The Morgan fingerprint density at radius 2 is 1.88 bits per heavy atom. The van der Waals surface area contributed by atoms with Gasteiger partial charge >= 0.3 is 0 Å². The molecule has 25 heavy (non-hydrogen) atoms. The van der Waals surface area contributed by atoms with E-state index in [9.17, 15) is 9.59 Å². The van der Waals surface area contributed by atoms with Crippen molar-refractivity contribution in [2.45, 2.75) is 38.5 Å². The number of ketones is 1. The van der Waals surface area contributed by atoms with Gasteiger partial charge in [-0.3, -0.25) is 19.5 Å². The van der Waals surface area contributed by atoms with Crippen LogP contribution >= 0.6 is 0 Å². The lowest BCUT2D eigenvalue weighted by Gasteiger charge is -2.38. The molecule has 0 radical (unpaired) electrons. The highest BCUT2D eigenvalue weighted by molar-refractivity contribution is 6.07. The number of hydrogen-bond donors (Lipinski definition) is 0. The number of pyridine rings is 1. The number of aryl methyl sites for hydroxylation is 1. The highest BCUT2D eigenvalue weighted by Gasteiger charge is 2.39. The summed E-state index contributed by atoms with van der Waals surface area (Å²) in [5.41, 5.74) is 4.63. The monoisotopic (exact) mass is 332 g/mol. The van der Waals surface area contributed by atoms with Gasteiger partial charge in [0.1, 0.15) is 0 Å². The van der Waals surface area contributed by atoms with E-state index in [1.807, 2.05) is 43.3 Å². The summed E-state index contributed by atoms with van der Waals surface area (Å²) < 4.78 is 0. The van der Waals surface area contributed by atoms with Crippen LogP contribution < -0.4 is 4.90 Å². The molecule has 0 saturated carbocycles. The van der Waals surface area contributed by atoms with Crippen LogP contribution in [0.5, 0.6) is 0 Å². The average molecular weight is 332 g/mol. The Bertz CT molecular complexity index is 853. The summed E-state index contributed by atoms with van der Waals surface area (Å²) >= 11 is 0. The summed E-state index contributed by atoms with van der Waals surface area (Å²) in [6.45, 7) is 2.02. The number of allylic oxidation sites excluding steroid dienone is 2. The SMILES string of the molecule is Cc1ccc(N2C(=O)C[C@H](c3cccnc3)C3=C2CCCC3=O)cc1. The fourth-order valence-electron chi connectivity index (χ4n) is 3.85. The average Bonchev–Trinajstić information content (AvgIpc) is 2.63. The molecule has 0 fully saturated rings. The van der Waals surface area contributed by atoms with E-state index in [1.165, 1.54) is 0 Å². The van der Waals surface area contributed by atoms with Crippen molar-refractivity contribution < 1.29 is 9.59 Å². The van der Waals surface area contributed by atoms with E-state index in [0.29, 0.717) is 12.8 Å². The summed E-state index contributed by atoms with van der Waals surface area (Å²) in [7, 11) is 0. The number of benzene rings is 1. The summed E-state index contributed by atoms with van der Waals surface area (Å²) in [5, 5.41) is 0. The van der Waals surface area contributed by atoms with Crippen molar-refractivity contribution in [3.63, 3.8) is 0 Å². The molecule has 1 amide bonds. The van der Waals surface area contributed by atoms with Crippen molar-refractivity contribution in [1.29, 1.82) is 0 Å². The molecule has 1 atom stereocenters. The number of hydrogen-bond acceptors (Lipinski definition) is 3. The van der Waals surface area contributed by atoms with Crippen LogP contribution in [-0.4, -0.2) is 16.7 Å². The molecule has 0 N–H and O–H groups in total. The standard InChI is InChI=1S/C21H20N2O2/c1-14-7-9-16(10-8-14)23-18-5-2-6-19(24)21(18)17(12-20(23)25)15-4-3-11-22-13-15/h3-4,7-11,13,17H,2,5-6,12H2,1H3/t17-/m1/s1. The smallest absolute Gasteiger partial charge is 0.232 e. The van der Waals surface area contributed by atoms with Crippen molar-refractivity contribution in [2.24, 2.45) is 0 Å². The molecule has 4 nitrogen and oxygen atoms in total. The van der Waals surface area contributed by atoms with Gasteiger partial charge in [0.15, 0.2) is 5.78 Å². The maximum Gasteiger partial charge on any atom is 0.232 e. The van der Waals surface area contributed by atoms with Gasteiger partial charge < -0.3 is 0 Å². The zero-order valence-corrected chi connectivity index (χ0v) is 14.2. The van der Waals surface area contributed by atoms with E-state index >= 15 is 0 Å². The highest BCUT2D eigenvalue weighted by Crippen LogP contribution is 2.43. The van der Waals surface area contributed by atoms with Gasteiger partial charge in [-0.15, -0.1) is 0 Å². The number of anilines is 1. The molecule has 0 bridgehead atoms. The van der Waals surface area contributed by atoms with Gasteiger partial charge in [0, 0.05) is 48.1 Å². The predicted molar refractivity (Wildman–Crippen MR) is 96.1 cm³/mol. The molecular formula is C21H20N2O2. The second-order valence-electron chi connectivity index (χ2n) is 6.74. The Morgan fingerprint density at radius 3 is 2.60 bits per heavy atom. The van der Waals surface area contributed by atoms with Crippen molar-refractivity contribution in [3.8, 4) is 0 Å². The topological polar surface area (TPSA) is 50.3 Å². The van der Waals surface area contributed by atoms with Crippen molar-refractivity contribution in [1.82, 2.24) is 4.98 Å². The normalized spacial score (nSPS) is 20.7. The van der Waals surface area contributed by atoms with Gasteiger partial charge in [-0.25, -0.2) is 0 Å². The minimum Gasteiger partial charge on any atom is -0.294 e. The van der Waals surface area contributed by atoms with Crippen LogP contribution in [0.4, 0.5) is 5.69 Å².